The van der Waals surface area contributed by atoms with Crippen LogP contribution in [0.1, 0.15) is 0 Å². The van der Waals surface area contributed by atoms with Gasteiger partial charge in [-0.05, 0) is 0 Å². The molecular formula is CH4Na2O6S2. The normalized spacial score (nSPS) is 15.1. The smallest absolute Gasteiger partial charge is 0.759 e. The first-order valence-corrected chi connectivity index (χ1v) is 5.77. The summed E-state index contributed by atoms with van der Waals surface area (Å²) >= 11 is 0. The van der Waals surface area contributed by atoms with Crippen LogP contribution in [-0.4, -0.2) is 32.5 Å². The zero-order chi connectivity index (χ0) is 7.95. The van der Waals surface area contributed by atoms with Crippen molar-refractivity contribution in [3.63, 3.8) is 0 Å². The van der Waals surface area contributed by atoms with Crippen molar-refractivity contribution in [1.29, 1.82) is 0 Å². The van der Waals surface area contributed by atoms with Gasteiger partial charge in [0, 0.05) is 14.9 Å². The van der Waals surface area contributed by atoms with Gasteiger partial charge in [-0.25, -0.2) is 8.42 Å². The first kappa shape index (κ1) is 18.7. The third-order valence-corrected chi connectivity index (χ3v) is 4.16. The summed E-state index contributed by atoms with van der Waals surface area (Å²) in [6.07, 6.45) is -0.0560. The van der Waals surface area contributed by atoms with Crippen LogP contribution in [0.2, 0.25) is 0 Å². The van der Waals surface area contributed by atoms with E-state index in [0.717, 1.165) is 0 Å². The molecule has 0 aromatic rings. The van der Waals surface area contributed by atoms with Crippen LogP contribution in [0.25, 0.3) is 0 Å². The summed E-state index contributed by atoms with van der Waals surface area (Å²) in [6.45, 7) is 0. The number of rotatable bonds is 1. The van der Waals surface area contributed by atoms with E-state index < -0.39 is 17.8 Å². The van der Waals surface area contributed by atoms with Crippen molar-refractivity contribution in [2.24, 2.45) is 0 Å². The summed E-state index contributed by atoms with van der Waals surface area (Å²) in [5.41, 5.74) is 0. The van der Waals surface area contributed by atoms with Crippen molar-refractivity contribution >= 4 is 17.8 Å². The fourth-order valence-electron chi connectivity index (χ4n) is 0. The average molecular weight is 222 g/mol. The molecule has 0 aliphatic carbocycles. The minimum atomic E-state index is -6.17. The van der Waals surface area contributed by atoms with Crippen LogP contribution in [-0.2, 0) is 17.8 Å². The van der Waals surface area contributed by atoms with E-state index in [1.165, 1.54) is 0 Å². The van der Waals surface area contributed by atoms with Crippen LogP contribution in [0.3, 0.4) is 0 Å². The van der Waals surface area contributed by atoms with Gasteiger partial charge in [-0.3, -0.25) is 4.21 Å². The molecule has 0 radical (unpaired) electrons. The molecule has 11 heavy (non-hydrogen) atoms. The Morgan fingerprint density at radius 3 is 1.45 bits per heavy atom. The minimum Gasteiger partial charge on any atom is -0.759 e. The fraction of sp³-hybridized carbons (Fsp3) is 1.00. The fourth-order valence-corrected chi connectivity index (χ4v) is 0. The second-order valence-electron chi connectivity index (χ2n) is 1.52. The zero-order valence-electron chi connectivity index (χ0n) is 6.30. The van der Waals surface area contributed by atoms with E-state index in [1.807, 2.05) is 0 Å². The van der Waals surface area contributed by atoms with Crippen LogP contribution in [0.15, 0.2) is 0 Å². The number of hydrogen-bond acceptors (Lipinski definition) is 5. The molecule has 0 bridgehead atoms. The van der Waals surface area contributed by atoms with Gasteiger partial charge in [0.05, 0.1) is 0 Å². The molecular weight excluding hydrogens is 218 g/mol. The maximum absolute atomic E-state index is 9.91. The van der Waals surface area contributed by atoms with E-state index in [2.05, 4.69) is 0 Å². The van der Waals surface area contributed by atoms with Gasteiger partial charge in [0.2, 0.25) is 0 Å². The monoisotopic (exact) mass is 222 g/mol. The Bertz CT molecular complexity index is 260. The van der Waals surface area contributed by atoms with Crippen molar-refractivity contribution in [3.05, 3.63) is 0 Å². The van der Waals surface area contributed by atoms with Gasteiger partial charge in [0.25, 0.3) is 0 Å². The van der Waals surface area contributed by atoms with Crippen molar-refractivity contribution < 1.29 is 85.4 Å². The van der Waals surface area contributed by atoms with Crippen molar-refractivity contribution in [3.8, 4) is 0 Å². The van der Waals surface area contributed by atoms with E-state index in [0.29, 0.717) is 0 Å². The van der Waals surface area contributed by atoms with Gasteiger partial charge >= 0.3 is 59.1 Å². The molecule has 1 N–H and O–H groups in total. The minimum absolute atomic E-state index is 0. The molecule has 0 rings (SSSR count). The number of hydrogen-bond donors (Lipinski definition) is 1. The third kappa shape index (κ3) is 6.11. The molecule has 0 aliphatic heterocycles. The molecule has 0 saturated heterocycles. The second kappa shape index (κ2) is 4.47. The topological polar surface area (TPSA) is 118 Å². The molecule has 0 aromatic heterocycles. The zero-order valence-corrected chi connectivity index (χ0v) is 11.9. The van der Waals surface area contributed by atoms with Gasteiger partial charge in [0.1, 0.15) is 0 Å². The van der Waals surface area contributed by atoms with Gasteiger partial charge in [-0.15, -0.1) is 0 Å². The van der Waals surface area contributed by atoms with Gasteiger partial charge in [-0.1, -0.05) is 0 Å². The van der Waals surface area contributed by atoms with Crippen LogP contribution in [0, 0.1) is 0 Å². The van der Waals surface area contributed by atoms with Crippen LogP contribution >= 0.6 is 0 Å². The molecule has 0 aliphatic rings. The van der Waals surface area contributed by atoms with Crippen molar-refractivity contribution in [2.75, 3.05) is 6.26 Å². The summed E-state index contributed by atoms with van der Waals surface area (Å²) in [5.74, 6) is 0. The second-order valence-corrected chi connectivity index (χ2v) is 8.04. The Morgan fingerprint density at radius 2 is 1.45 bits per heavy atom. The van der Waals surface area contributed by atoms with Gasteiger partial charge in [-0.2, -0.15) is 0 Å². The largest absolute Gasteiger partial charge is 1.00 e. The molecule has 0 fully saturated rings. The van der Waals surface area contributed by atoms with Gasteiger partial charge in [0.15, 0.2) is 9.15 Å². The molecule has 6 nitrogen and oxygen atoms in total. The molecule has 10 heteroatoms. The molecule has 0 amide bonds. The van der Waals surface area contributed by atoms with E-state index in [4.69, 9.17) is 4.55 Å². The van der Waals surface area contributed by atoms with E-state index in [9.17, 15) is 21.7 Å². The summed E-state index contributed by atoms with van der Waals surface area (Å²) in [7, 11) is -11.8. The Morgan fingerprint density at radius 1 is 1.36 bits per heavy atom. The van der Waals surface area contributed by atoms with E-state index in [1.54, 1.807) is 0 Å². The van der Waals surface area contributed by atoms with E-state index >= 15 is 0 Å². The van der Waals surface area contributed by atoms with Crippen LogP contribution in [0.4, 0.5) is 0 Å². The first-order chi connectivity index (χ1) is 3.51. The van der Waals surface area contributed by atoms with E-state index in [-0.39, 0.29) is 65.4 Å². The Labute approximate surface area is 108 Å². The Kier molecular flexibility index (Phi) is 7.60. The van der Waals surface area contributed by atoms with Crippen molar-refractivity contribution in [2.45, 2.75) is 0 Å². The molecule has 0 spiro atoms. The van der Waals surface area contributed by atoms with Gasteiger partial charge < -0.3 is 13.7 Å². The third-order valence-electron chi connectivity index (χ3n) is 0.462. The summed E-state index contributed by atoms with van der Waals surface area (Å²) in [6, 6.07) is 0. The van der Waals surface area contributed by atoms with Crippen LogP contribution in [0.5, 0.6) is 0 Å². The Hall–Kier alpha value is 1.98. The summed E-state index contributed by atoms with van der Waals surface area (Å²) in [5, 5.41) is 0. The quantitative estimate of drug-likeness (QED) is 0.267. The Balaban J connectivity index is -0.000000320. The molecule has 0 heterocycles. The molecule has 0 unspecified atom stereocenters. The standard InChI is InChI=1S/CH6O6S2.2Na/c1-9(5,6,7)8(2,3)4;;/h1H3,(H,2,3,4)(H2,5,6,7);;/q;2*+1/p-2. The maximum atomic E-state index is 9.91. The predicted molar refractivity (Wildman–Crippen MR) is 27.2 cm³/mol. The molecule has 0 aromatic carbocycles. The average Bonchev–Trinajstić information content (AvgIpc) is 1.20. The molecule has 0 atom stereocenters. The SMILES string of the molecule is CS(=O)([O-])(O)S(=O)(=O)[O-].[Na+].[Na+]. The summed E-state index contributed by atoms with van der Waals surface area (Å²) < 4.78 is 56.5. The maximum Gasteiger partial charge on any atom is 1.00 e. The van der Waals surface area contributed by atoms with Crippen molar-refractivity contribution in [1.82, 2.24) is 0 Å². The summed E-state index contributed by atoms with van der Waals surface area (Å²) in [4.78, 5) is 0. The first-order valence-electron chi connectivity index (χ1n) is 1.59. The molecule has 58 valence electrons. The van der Waals surface area contributed by atoms with Crippen LogP contribution < -0.4 is 59.1 Å². The molecule has 0 saturated carbocycles. The predicted octanol–water partition coefficient (Wildman–Crippen LogP) is -7.49.